The number of hydrogen-bond donors (Lipinski definition) is 3. The van der Waals surface area contributed by atoms with Gasteiger partial charge in [-0.25, -0.2) is 13.8 Å². The van der Waals surface area contributed by atoms with Crippen molar-refractivity contribution in [2.24, 2.45) is 0 Å². The lowest BCUT2D eigenvalue weighted by Gasteiger charge is -2.36. The van der Waals surface area contributed by atoms with E-state index in [1.807, 2.05) is 4.90 Å². The number of rotatable bonds is 6. The summed E-state index contributed by atoms with van der Waals surface area (Å²) in [4.78, 5) is 35.6. The number of aromatic amines is 1. The van der Waals surface area contributed by atoms with Crippen LogP contribution in [0.5, 0.6) is 0 Å². The third kappa shape index (κ3) is 6.10. The van der Waals surface area contributed by atoms with Crippen LogP contribution in [0.3, 0.4) is 0 Å². The van der Waals surface area contributed by atoms with E-state index in [0.29, 0.717) is 24.5 Å². The smallest absolute Gasteiger partial charge is 0.378 e. The van der Waals surface area contributed by atoms with E-state index < -0.39 is 47.0 Å². The van der Waals surface area contributed by atoms with Crippen molar-refractivity contribution in [1.82, 2.24) is 14.9 Å². The molecule has 42 heavy (non-hydrogen) atoms. The molecule has 0 spiro atoms. The van der Waals surface area contributed by atoms with Crippen LogP contribution < -0.4 is 10.2 Å². The van der Waals surface area contributed by atoms with Gasteiger partial charge in [-0.15, -0.1) is 0 Å². The lowest BCUT2D eigenvalue weighted by atomic mass is 10.1. The van der Waals surface area contributed by atoms with Crippen LogP contribution in [-0.2, 0) is 11.0 Å². The number of anilines is 2. The summed E-state index contributed by atoms with van der Waals surface area (Å²) in [6.45, 7) is 1.12. The number of halogens is 5. The second kappa shape index (κ2) is 11.6. The van der Waals surface area contributed by atoms with Crippen molar-refractivity contribution in [2.75, 3.05) is 36.4 Å². The summed E-state index contributed by atoms with van der Waals surface area (Å²) in [6.07, 6.45) is -5.09. The molecule has 1 saturated heterocycles. The Morgan fingerprint density at radius 3 is 2.26 bits per heavy atom. The number of amides is 2. The number of aliphatic hydroxyl groups is 1. The monoisotopic (exact) mass is 585 g/mol. The van der Waals surface area contributed by atoms with E-state index in [9.17, 15) is 36.6 Å². The first-order valence-electron chi connectivity index (χ1n) is 12.8. The quantitative estimate of drug-likeness (QED) is 0.277. The number of carbonyl (C=O) groups excluding carboxylic acids is 2. The number of nitrogens with zero attached hydrogens (tertiary/aromatic N) is 3. The first kappa shape index (κ1) is 28.7. The molecule has 13 heteroatoms. The fraction of sp³-hybridized carbons (Fsp3) is 0.207. The topological polar surface area (TPSA) is 102 Å². The van der Waals surface area contributed by atoms with Crippen LogP contribution in [0.25, 0.3) is 11.3 Å². The van der Waals surface area contributed by atoms with Crippen molar-refractivity contribution < 1.29 is 36.6 Å². The maximum atomic E-state index is 13.7. The summed E-state index contributed by atoms with van der Waals surface area (Å²) < 4.78 is 67.8. The van der Waals surface area contributed by atoms with E-state index in [4.69, 9.17) is 0 Å². The van der Waals surface area contributed by atoms with Gasteiger partial charge in [-0.1, -0.05) is 36.4 Å². The Labute approximate surface area is 236 Å². The molecule has 8 nitrogen and oxygen atoms in total. The van der Waals surface area contributed by atoms with Gasteiger partial charge in [-0.2, -0.15) is 13.2 Å². The van der Waals surface area contributed by atoms with E-state index in [2.05, 4.69) is 15.3 Å². The molecule has 218 valence electrons. The number of piperazine rings is 1. The predicted octanol–water partition coefficient (Wildman–Crippen LogP) is 5.01. The lowest BCUT2D eigenvalue weighted by Crippen LogP contribution is -2.50. The number of H-pyrrole nitrogens is 1. The molecule has 2 amide bonds. The third-order valence-electron chi connectivity index (χ3n) is 6.85. The molecule has 2 aromatic carbocycles. The fourth-order valence-electron chi connectivity index (χ4n) is 4.63. The molecular formula is C29H24F5N5O3. The zero-order valence-corrected chi connectivity index (χ0v) is 21.8. The van der Waals surface area contributed by atoms with Crippen LogP contribution in [-0.4, -0.2) is 58.0 Å². The molecule has 0 bridgehead atoms. The molecule has 1 fully saturated rings. The van der Waals surface area contributed by atoms with E-state index in [1.54, 1.807) is 36.4 Å². The largest absolute Gasteiger partial charge is 0.418 e. The summed E-state index contributed by atoms with van der Waals surface area (Å²) in [5, 5.41) is 12.8. The highest BCUT2D eigenvalue weighted by Gasteiger charge is 2.37. The van der Waals surface area contributed by atoms with E-state index >= 15 is 0 Å². The molecule has 3 heterocycles. The van der Waals surface area contributed by atoms with Gasteiger partial charge in [0.15, 0.2) is 17.7 Å². The standard InChI is InChI=1S/C29H24F5N5O3/c30-21-8-6-18(14-22(21)31)26(40)28(42)39-12-10-38(11-13-39)24-9-7-19(16-35-24)36-27(41)25-20(29(32,33)34)15-23(37-25)17-4-2-1-3-5-17/h1-9,14-16,26,37,40H,10-13H2,(H,36,41). The Morgan fingerprint density at radius 1 is 0.929 bits per heavy atom. The van der Waals surface area contributed by atoms with Crippen molar-refractivity contribution in [3.8, 4) is 11.3 Å². The minimum Gasteiger partial charge on any atom is -0.378 e. The maximum absolute atomic E-state index is 13.7. The molecule has 0 aliphatic carbocycles. The summed E-state index contributed by atoms with van der Waals surface area (Å²) in [6, 6.07) is 15.1. The highest BCUT2D eigenvalue weighted by molar-refractivity contribution is 6.04. The Morgan fingerprint density at radius 2 is 1.64 bits per heavy atom. The number of hydrogen-bond acceptors (Lipinski definition) is 5. The fourth-order valence-corrected chi connectivity index (χ4v) is 4.63. The SMILES string of the molecule is O=C(Nc1ccc(N2CCN(C(=O)C(O)c3ccc(F)c(F)c3)CC2)nc1)c1[nH]c(-c2ccccc2)cc1C(F)(F)F. The van der Waals surface area contributed by atoms with Crippen molar-refractivity contribution >= 4 is 23.3 Å². The van der Waals surface area contributed by atoms with E-state index in [-0.39, 0.29) is 30.0 Å². The Kier molecular flexibility index (Phi) is 7.94. The summed E-state index contributed by atoms with van der Waals surface area (Å²) in [5.41, 5.74) is -0.956. The Hall–Kier alpha value is -4.78. The minimum atomic E-state index is -4.76. The van der Waals surface area contributed by atoms with Crippen LogP contribution in [0, 0.1) is 11.6 Å². The number of aliphatic hydroxyl groups excluding tert-OH is 1. The van der Waals surface area contributed by atoms with Crippen molar-refractivity contribution in [3.05, 3.63) is 101 Å². The molecule has 1 aliphatic heterocycles. The number of pyridine rings is 1. The van der Waals surface area contributed by atoms with Gasteiger partial charge in [0.05, 0.1) is 17.4 Å². The Bertz CT molecular complexity index is 1580. The number of benzene rings is 2. The minimum absolute atomic E-state index is 0.0568. The van der Waals surface area contributed by atoms with Gasteiger partial charge in [0.2, 0.25) is 0 Å². The molecule has 3 N–H and O–H groups in total. The van der Waals surface area contributed by atoms with Crippen LogP contribution >= 0.6 is 0 Å². The zero-order valence-electron chi connectivity index (χ0n) is 21.8. The van der Waals surface area contributed by atoms with Gasteiger partial charge in [-0.05, 0) is 41.5 Å². The molecule has 0 saturated carbocycles. The highest BCUT2D eigenvalue weighted by atomic mass is 19.4. The molecule has 1 aliphatic rings. The molecule has 4 aromatic rings. The number of aromatic nitrogens is 2. The van der Waals surface area contributed by atoms with Crippen LogP contribution in [0.4, 0.5) is 33.5 Å². The number of alkyl halides is 3. The first-order chi connectivity index (χ1) is 20.0. The van der Waals surface area contributed by atoms with Crippen molar-refractivity contribution in [3.63, 3.8) is 0 Å². The first-order valence-corrected chi connectivity index (χ1v) is 12.8. The Balaban J connectivity index is 1.21. The summed E-state index contributed by atoms with van der Waals surface area (Å²) in [5.74, 6) is -3.38. The van der Waals surface area contributed by atoms with Gasteiger partial charge >= 0.3 is 6.18 Å². The second-order valence-electron chi connectivity index (χ2n) is 9.58. The van der Waals surface area contributed by atoms with Gasteiger partial charge in [0.1, 0.15) is 11.5 Å². The van der Waals surface area contributed by atoms with E-state index in [0.717, 1.165) is 24.3 Å². The number of nitrogens with one attached hydrogen (secondary N) is 2. The summed E-state index contributed by atoms with van der Waals surface area (Å²) >= 11 is 0. The van der Waals surface area contributed by atoms with Gasteiger partial charge < -0.3 is 25.2 Å². The average Bonchev–Trinajstić information content (AvgIpc) is 3.46. The van der Waals surface area contributed by atoms with Crippen LogP contribution in [0.1, 0.15) is 27.7 Å². The lowest BCUT2D eigenvalue weighted by molar-refractivity contribution is -0.141. The highest BCUT2D eigenvalue weighted by Crippen LogP contribution is 2.35. The normalized spacial score (nSPS) is 14.5. The van der Waals surface area contributed by atoms with Gasteiger partial charge in [0, 0.05) is 31.9 Å². The molecular weight excluding hydrogens is 561 g/mol. The van der Waals surface area contributed by atoms with Crippen LogP contribution in [0.15, 0.2) is 72.9 Å². The number of carbonyl (C=O) groups is 2. The van der Waals surface area contributed by atoms with Crippen molar-refractivity contribution in [2.45, 2.75) is 12.3 Å². The second-order valence-corrected chi connectivity index (χ2v) is 9.58. The predicted molar refractivity (Wildman–Crippen MR) is 144 cm³/mol. The molecule has 1 atom stereocenters. The molecule has 1 unspecified atom stereocenters. The molecule has 2 aromatic heterocycles. The van der Waals surface area contributed by atoms with E-state index in [1.165, 1.54) is 17.2 Å². The van der Waals surface area contributed by atoms with Gasteiger partial charge in [0.25, 0.3) is 11.8 Å². The van der Waals surface area contributed by atoms with Crippen molar-refractivity contribution in [1.29, 1.82) is 0 Å². The van der Waals surface area contributed by atoms with Gasteiger partial charge in [-0.3, -0.25) is 9.59 Å². The zero-order chi connectivity index (χ0) is 30.0. The average molecular weight is 586 g/mol. The summed E-state index contributed by atoms with van der Waals surface area (Å²) in [7, 11) is 0. The third-order valence-corrected chi connectivity index (χ3v) is 6.85. The van der Waals surface area contributed by atoms with Crippen LogP contribution in [0.2, 0.25) is 0 Å². The maximum Gasteiger partial charge on any atom is 0.418 e. The molecule has 5 rings (SSSR count). The molecule has 0 radical (unpaired) electrons.